The van der Waals surface area contributed by atoms with Crippen LogP contribution in [0.1, 0.15) is 24.8 Å². The maximum atomic E-state index is 5.52. The van der Waals surface area contributed by atoms with Gasteiger partial charge >= 0.3 is 0 Å². The number of aromatic nitrogens is 1. The Labute approximate surface area is 120 Å². The molecule has 0 saturated heterocycles. The summed E-state index contributed by atoms with van der Waals surface area (Å²) in [6, 6.07) is 4.69. The summed E-state index contributed by atoms with van der Waals surface area (Å²) in [7, 11) is 1.69. The minimum absolute atomic E-state index is 0.527. The zero-order valence-corrected chi connectivity index (χ0v) is 12.1. The van der Waals surface area contributed by atoms with Crippen LogP contribution in [0.15, 0.2) is 18.3 Å². The third-order valence-corrected chi connectivity index (χ3v) is 3.08. The first-order valence-corrected chi connectivity index (χ1v) is 7.26. The second-order valence-electron chi connectivity index (χ2n) is 4.97. The fourth-order valence-corrected chi connectivity index (χ4v) is 1.76. The van der Waals surface area contributed by atoms with Gasteiger partial charge in [0.05, 0.1) is 6.61 Å². The van der Waals surface area contributed by atoms with Crippen LogP contribution in [0.2, 0.25) is 0 Å². The zero-order valence-electron chi connectivity index (χ0n) is 12.1. The van der Waals surface area contributed by atoms with Crippen LogP contribution in [0.25, 0.3) is 0 Å². The van der Waals surface area contributed by atoms with Gasteiger partial charge in [0.15, 0.2) is 0 Å². The lowest BCUT2D eigenvalue weighted by atomic mass is 10.3. The van der Waals surface area contributed by atoms with Crippen LogP contribution >= 0.6 is 0 Å². The normalized spacial score (nSPS) is 14.4. The molecule has 1 aromatic rings. The van der Waals surface area contributed by atoms with E-state index < -0.39 is 0 Å². The highest BCUT2D eigenvalue weighted by Crippen LogP contribution is 2.19. The molecule has 0 aromatic carbocycles. The Morgan fingerprint density at radius 1 is 1.20 bits per heavy atom. The van der Waals surface area contributed by atoms with Gasteiger partial charge in [-0.25, -0.2) is 4.98 Å². The van der Waals surface area contributed by atoms with Gasteiger partial charge in [0, 0.05) is 45.2 Å². The summed E-state index contributed by atoms with van der Waals surface area (Å²) in [5.41, 5.74) is 1.19. The van der Waals surface area contributed by atoms with E-state index in [4.69, 9.17) is 14.2 Å². The lowest BCUT2D eigenvalue weighted by molar-refractivity contribution is 0.0795. The van der Waals surface area contributed by atoms with Gasteiger partial charge in [-0.2, -0.15) is 0 Å². The molecule has 1 aliphatic rings. The largest absolute Gasteiger partial charge is 0.475 e. The van der Waals surface area contributed by atoms with Crippen molar-refractivity contribution >= 4 is 0 Å². The third-order valence-electron chi connectivity index (χ3n) is 3.08. The Morgan fingerprint density at radius 2 is 2.10 bits per heavy atom. The van der Waals surface area contributed by atoms with Crippen molar-refractivity contribution in [1.29, 1.82) is 0 Å². The van der Waals surface area contributed by atoms with Gasteiger partial charge in [0.2, 0.25) is 5.88 Å². The molecule has 5 nitrogen and oxygen atoms in total. The van der Waals surface area contributed by atoms with E-state index in [1.54, 1.807) is 7.11 Å². The highest BCUT2D eigenvalue weighted by Gasteiger charge is 2.19. The number of hydrogen-bond donors (Lipinski definition) is 1. The van der Waals surface area contributed by atoms with E-state index in [0.717, 1.165) is 25.6 Å². The molecule has 0 spiro atoms. The van der Waals surface area contributed by atoms with Crippen molar-refractivity contribution in [2.24, 2.45) is 0 Å². The molecule has 1 fully saturated rings. The molecular formula is C15H24N2O3. The van der Waals surface area contributed by atoms with Crippen LogP contribution in [-0.4, -0.2) is 44.6 Å². The van der Waals surface area contributed by atoms with Gasteiger partial charge in [-0.1, -0.05) is 6.07 Å². The number of nitrogens with one attached hydrogen (secondary N) is 1. The summed E-state index contributed by atoms with van der Waals surface area (Å²) in [6.45, 7) is 3.44. The molecule has 1 N–H and O–H groups in total. The fraction of sp³-hybridized carbons (Fsp3) is 0.667. The first kappa shape index (κ1) is 15.2. The molecule has 5 heteroatoms. The maximum absolute atomic E-state index is 5.52. The van der Waals surface area contributed by atoms with Crippen molar-refractivity contribution in [1.82, 2.24) is 10.3 Å². The van der Waals surface area contributed by atoms with Crippen LogP contribution in [0.5, 0.6) is 5.88 Å². The molecule has 2 rings (SSSR count). The lowest BCUT2D eigenvalue weighted by Gasteiger charge is -2.07. The minimum Gasteiger partial charge on any atom is -0.475 e. The fourth-order valence-electron chi connectivity index (χ4n) is 1.76. The molecule has 0 radical (unpaired) electrons. The topological polar surface area (TPSA) is 52.6 Å². The summed E-state index contributed by atoms with van der Waals surface area (Å²) in [4.78, 5) is 4.29. The number of pyridine rings is 1. The van der Waals surface area contributed by atoms with E-state index in [-0.39, 0.29) is 0 Å². The van der Waals surface area contributed by atoms with Gasteiger partial charge in [0.25, 0.3) is 0 Å². The Kier molecular flexibility index (Phi) is 6.77. The van der Waals surface area contributed by atoms with E-state index in [2.05, 4.69) is 16.4 Å². The summed E-state index contributed by atoms with van der Waals surface area (Å²) in [5.74, 6) is 0.653. The molecule has 0 bridgehead atoms. The minimum atomic E-state index is 0.527. The van der Waals surface area contributed by atoms with Crippen molar-refractivity contribution in [3.05, 3.63) is 23.9 Å². The van der Waals surface area contributed by atoms with E-state index in [1.165, 1.54) is 18.4 Å². The summed E-state index contributed by atoms with van der Waals surface area (Å²) >= 11 is 0. The highest BCUT2D eigenvalue weighted by molar-refractivity contribution is 5.17. The van der Waals surface area contributed by atoms with Crippen LogP contribution in [-0.2, 0) is 16.0 Å². The van der Waals surface area contributed by atoms with Crippen LogP contribution in [0.4, 0.5) is 0 Å². The van der Waals surface area contributed by atoms with Crippen molar-refractivity contribution < 1.29 is 14.2 Å². The Hall–Kier alpha value is -1.17. The van der Waals surface area contributed by atoms with Crippen molar-refractivity contribution in [3.63, 3.8) is 0 Å². The molecule has 0 amide bonds. The Balaban J connectivity index is 1.53. The number of nitrogens with zero attached hydrogens (tertiary/aromatic N) is 1. The number of rotatable bonds is 11. The molecule has 1 heterocycles. The molecule has 0 atom stereocenters. The molecule has 1 aliphatic carbocycles. The summed E-state index contributed by atoms with van der Waals surface area (Å²) in [5, 5.41) is 3.46. The molecule has 0 aliphatic heterocycles. The van der Waals surface area contributed by atoms with Crippen LogP contribution < -0.4 is 10.1 Å². The first-order chi connectivity index (χ1) is 9.88. The second-order valence-corrected chi connectivity index (χ2v) is 4.97. The average Bonchev–Trinajstić information content (AvgIpc) is 3.30. The predicted octanol–water partition coefficient (Wildman–Crippen LogP) is 1.77. The van der Waals surface area contributed by atoms with E-state index in [9.17, 15) is 0 Å². The van der Waals surface area contributed by atoms with E-state index >= 15 is 0 Å². The van der Waals surface area contributed by atoms with E-state index in [1.807, 2.05) is 12.3 Å². The molecular weight excluding hydrogens is 256 g/mol. The second kappa shape index (κ2) is 8.89. The summed E-state index contributed by atoms with van der Waals surface area (Å²) in [6.07, 6.45) is 5.39. The third kappa shape index (κ3) is 6.32. The van der Waals surface area contributed by atoms with Crippen LogP contribution in [0.3, 0.4) is 0 Å². The quantitative estimate of drug-likeness (QED) is 0.626. The van der Waals surface area contributed by atoms with Crippen molar-refractivity contribution in [2.45, 2.75) is 31.8 Å². The Morgan fingerprint density at radius 3 is 2.80 bits per heavy atom. The standard InChI is InChI=1S/C15H24N2O3/c1-18-7-2-8-19-9-10-20-15-6-3-13(12-17-15)11-16-14-4-5-14/h3,6,12,14,16H,2,4-5,7-11H2,1H3. The van der Waals surface area contributed by atoms with Crippen LogP contribution in [0, 0.1) is 0 Å². The van der Waals surface area contributed by atoms with Gasteiger partial charge in [-0.3, -0.25) is 0 Å². The molecule has 1 saturated carbocycles. The monoisotopic (exact) mass is 280 g/mol. The molecule has 1 aromatic heterocycles. The predicted molar refractivity (Wildman–Crippen MR) is 76.9 cm³/mol. The zero-order chi connectivity index (χ0) is 14.0. The van der Waals surface area contributed by atoms with Crippen molar-refractivity contribution in [3.8, 4) is 5.88 Å². The number of hydrogen-bond acceptors (Lipinski definition) is 5. The highest BCUT2D eigenvalue weighted by atomic mass is 16.5. The van der Waals surface area contributed by atoms with Gasteiger partial charge in [0.1, 0.15) is 6.61 Å². The van der Waals surface area contributed by atoms with Gasteiger partial charge < -0.3 is 19.5 Å². The smallest absolute Gasteiger partial charge is 0.213 e. The first-order valence-electron chi connectivity index (χ1n) is 7.26. The molecule has 112 valence electrons. The van der Waals surface area contributed by atoms with Gasteiger partial charge in [-0.05, 0) is 24.8 Å². The molecule has 0 unspecified atom stereocenters. The lowest BCUT2D eigenvalue weighted by Crippen LogP contribution is -2.15. The SMILES string of the molecule is COCCCOCCOc1ccc(CNC2CC2)cn1. The van der Waals surface area contributed by atoms with E-state index in [0.29, 0.717) is 25.7 Å². The summed E-state index contributed by atoms with van der Waals surface area (Å²) < 4.78 is 15.9. The molecule has 20 heavy (non-hydrogen) atoms. The maximum Gasteiger partial charge on any atom is 0.213 e. The number of methoxy groups -OCH3 is 1. The van der Waals surface area contributed by atoms with Crippen molar-refractivity contribution in [2.75, 3.05) is 33.5 Å². The number of ether oxygens (including phenoxy) is 3. The van der Waals surface area contributed by atoms with Gasteiger partial charge in [-0.15, -0.1) is 0 Å². The Bertz CT molecular complexity index is 366. The average molecular weight is 280 g/mol.